The maximum atomic E-state index is 11.8. The molecule has 176 valence electrons. The van der Waals surface area contributed by atoms with E-state index in [0.29, 0.717) is 19.4 Å². The molecule has 1 aliphatic heterocycles. The van der Waals surface area contributed by atoms with Crippen LogP contribution in [0.4, 0.5) is 0 Å². The number of hydrogen-bond acceptors (Lipinski definition) is 4. The number of amides is 1. The van der Waals surface area contributed by atoms with Gasteiger partial charge >= 0.3 is 5.97 Å². The average molecular weight is 425 g/mol. The molecule has 0 aromatic rings. The smallest absolute Gasteiger partial charge is 0.328 e. The fourth-order valence-corrected chi connectivity index (χ4v) is 4.08. The second-order valence-electron chi connectivity index (χ2n) is 9.29. The van der Waals surface area contributed by atoms with Crippen molar-refractivity contribution in [2.24, 2.45) is 0 Å². The van der Waals surface area contributed by atoms with Gasteiger partial charge in [-0.3, -0.25) is 4.79 Å². The van der Waals surface area contributed by atoms with Crippen LogP contribution in [0.5, 0.6) is 0 Å². The van der Waals surface area contributed by atoms with Gasteiger partial charge in [-0.25, -0.2) is 4.79 Å². The molecular formula is C25H48N2O3. The Hall–Kier alpha value is -1.10. The van der Waals surface area contributed by atoms with Crippen molar-refractivity contribution in [3.63, 3.8) is 0 Å². The molecule has 1 saturated heterocycles. The number of nitrogens with zero attached hydrogens (tertiary/aromatic N) is 1. The molecule has 0 saturated carbocycles. The van der Waals surface area contributed by atoms with E-state index in [4.69, 9.17) is 4.74 Å². The molecule has 0 aromatic heterocycles. The van der Waals surface area contributed by atoms with E-state index < -0.39 is 6.04 Å². The van der Waals surface area contributed by atoms with Gasteiger partial charge in [0.25, 0.3) is 0 Å². The van der Waals surface area contributed by atoms with Crippen molar-refractivity contribution < 1.29 is 14.3 Å². The minimum atomic E-state index is -0.407. The minimum Gasteiger partial charge on any atom is -0.464 e. The molecule has 30 heavy (non-hydrogen) atoms. The number of cyclic esters (lactones) is 1. The Kier molecular flexibility index (Phi) is 16.7. The summed E-state index contributed by atoms with van der Waals surface area (Å²) in [7, 11) is 4.31. The Morgan fingerprint density at radius 1 is 0.800 bits per heavy atom. The van der Waals surface area contributed by atoms with Crippen LogP contribution >= 0.6 is 0 Å². The minimum absolute atomic E-state index is 0.0109. The summed E-state index contributed by atoms with van der Waals surface area (Å²) in [5, 5.41) is 2.77. The normalized spacial score (nSPS) is 16.2. The van der Waals surface area contributed by atoms with E-state index in [1.54, 1.807) is 0 Å². The molecule has 1 heterocycles. The molecule has 0 radical (unpaired) electrons. The lowest BCUT2D eigenvalue weighted by Crippen LogP contribution is -2.37. The number of carbonyl (C=O) groups is 2. The predicted octanol–water partition coefficient (Wildman–Crippen LogP) is 5.61. The van der Waals surface area contributed by atoms with Crippen LogP contribution in [0.3, 0.4) is 0 Å². The molecule has 1 atom stereocenters. The van der Waals surface area contributed by atoms with Crippen molar-refractivity contribution in [3.8, 4) is 0 Å². The van der Waals surface area contributed by atoms with Gasteiger partial charge in [-0.1, -0.05) is 89.9 Å². The van der Waals surface area contributed by atoms with Gasteiger partial charge in [0.15, 0.2) is 0 Å². The Labute approximate surface area is 185 Å². The second-order valence-corrected chi connectivity index (χ2v) is 9.29. The second kappa shape index (κ2) is 18.7. The fourth-order valence-electron chi connectivity index (χ4n) is 4.08. The van der Waals surface area contributed by atoms with Crippen LogP contribution in [-0.2, 0) is 14.3 Å². The maximum Gasteiger partial charge on any atom is 0.328 e. The van der Waals surface area contributed by atoms with E-state index >= 15 is 0 Å². The molecule has 1 N–H and O–H groups in total. The van der Waals surface area contributed by atoms with Gasteiger partial charge in [-0.05, 0) is 33.5 Å². The number of rotatable bonds is 20. The molecule has 1 amide bonds. The zero-order valence-electron chi connectivity index (χ0n) is 19.9. The molecule has 5 nitrogen and oxygen atoms in total. The van der Waals surface area contributed by atoms with E-state index in [1.165, 1.54) is 96.4 Å². The Bertz CT molecular complexity index is 440. The summed E-state index contributed by atoms with van der Waals surface area (Å²) in [6, 6.07) is -0.407. The number of ether oxygens (including phenoxy) is 1. The van der Waals surface area contributed by atoms with Crippen molar-refractivity contribution >= 4 is 11.9 Å². The van der Waals surface area contributed by atoms with Crippen molar-refractivity contribution in [1.82, 2.24) is 10.2 Å². The summed E-state index contributed by atoms with van der Waals surface area (Å²) in [6.07, 6.45) is 22.4. The lowest BCUT2D eigenvalue weighted by molar-refractivity contribution is -0.141. The fraction of sp³-hybridized carbons (Fsp3) is 0.920. The van der Waals surface area contributed by atoms with Crippen LogP contribution in [0.1, 0.15) is 116 Å². The monoisotopic (exact) mass is 424 g/mol. The van der Waals surface area contributed by atoms with Crippen LogP contribution in [0.2, 0.25) is 0 Å². The van der Waals surface area contributed by atoms with Crippen LogP contribution < -0.4 is 5.32 Å². The molecule has 1 fully saturated rings. The van der Waals surface area contributed by atoms with E-state index in [9.17, 15) is 9.59 Å². The van der Waals surface area contributed by atoms with E-state index in [1.807, 2.05) is 0 Å². The van der Waals surface area contributed by atoms with Gasteiger partial charge in [0.2, 0.25) is 5.91 Å². The lowest BCUT2D eigenvalue weighted by Gasteiger charge is -2.08. The van der Waals surface area contributed by atoms with E-state index in [-0.39, 0.29) is 11.9 Å². The Morgan fingerprint density at radius 3 is 1.63 bits per heavy atom. The van der Waals surface area contributed by atoms with Gasteiger partial charge in [0, 0.05) is 12.8 Å². The van der Waals surface area contributed by atoms with E-state index in [2.05, 4.69) is 24.3 Å². The van der Waals surface area contributed by atoms with Crippen LogP contribution in [0.25, 0.3) is 0 Å². The van der Waals surface area contributed by atoms with Gasteiger partial charge in [0.05, 0.1) is 6.61 Å². The highest BCUT2D eigenvalue weighted by molar-refractivity contribution is 5.85. The standard InChI is InChI=1S/C25H48N2O3/c1-27(2)21-18-16-14-12-10-8-6-4-3-5-7-9-11-13-15-17-19-24(28)26-23-20-22-30-25(23)29/h23H,3-22H2,1-2H3,(H,26,28). The number of unbranched alkanes of at least 4 members (excludes halogenated alkanes) is 15. The van der Waals surface area contributed by atoms with Crippen molar-refractivity contribution in [3.05, 3.63) is 0 Å². The first kappa shape index (κ1) is 26.9. The summed E-state index contributed by atoms with van der Waals surface area (Å²) in [5.41, 5.74) is 0. The molecule has 0 aromatic carbocycles. The highest BCUT2D eigenvalue weighted by Gasteiger charge is 2.27. The summed E-state index contributed by atoms with van der Waals surface area (Å²) < 4.78 is 4.86. The lowest BCUT2D eigenvalue weighted by atomic mass is 10.0. The van der Waals surface area contributed by atoms with Gasteiger partial charge < -0.3 is 15.0 Å². The predicted molar refractivity (Wildman–Crippen MR) is 125 cm³/mol. The maximum absolute atomic E-state index is 11.8. The summed E-state index contributed by atoms with van der Waals surface area (Å²) in [6.45, 7) is 1.66. The molecule has 5 heteroatoms. The topological polar surface area (TPSA) is 58.6 Å². The Balaban J connectivity index is 1.72. The molecule has 1 unspecified atom stereocenters. The van der Waals surface area contributed by atoms with E-state index in [0.717, 1.165) is 12.8 Å². The average Bonchev–Trinajstić information content (AvgIpc) is 3.11. The van der Waals surface area contributed by atoms with Crippen molar-refractivity contribution in [2.45, 2.75) is 122 Å². The molecule has 0 bridgehead atoms. The van der Waals surface area contributed by atoms with Crippen LogP contribution in [0.15, 0.2) is 0 Å². The third-order valence-electron chi connectivity index (χ3n) is 6.03. The molecule has 1 rings (SSSR count). The first-order valence-electron chi connectivity index (χ1n) is 12.7. The summed E-state index contributed by atoms with van der Waals surface area (Å²) in [4.78, 5) is 25.4. The third-order valence-corrected chi connectivity index (χ3v) is 6.03. The number of esters is 1. The van der Waals surface area contributed by atoms with Gasteiger partial charge in [0.1, 0.15) is 6.04 Å². The van der Waals surface area contributed by atoms with Gasteiger partial charge in [-0.15, -0.1) is 0 Å². The van der Waals surface area contributed by atoms with Crippen molar-refractivity contribution in [1.29, 1.82) is 0 Å². The van der Waals surface area contributed by atoms with Gasteiger partial charge in [-0.2, -0.15) is 0 Å². The highest BCUT2D eigenvalue weighted by atomic mass is 16.5. The van der Waals surface area contributed by atoms with Crippen LogP contribution in [-0.4, -0.2) is 50.1 Å². The molecular weight excluding hydrogens is 376 g/mol. The zero-order chi connectivity index (χ0) is 21.9. The quantitative estimate of drug-likeness (QED) is 0.204. The third kappa shape index (κ3) is 15.7. The number of carbonyl (C=O) groups excluding carboxylic acids is 2. The molecule has 0 aliphatic carbocycles. The number of nitrogens with one attached hydrogen (secondary N) is 1. The highest BCUT2D eigenvalue weighted by Crippen LogP contribution is 2.14. The zero-order valence-corrected chi connectivity index (χ0v) is 19.9. The molecule has 1 aliphatic rings. The van der Waals surface area contributed by atoms with Crippen molar-refractivity contribution in [2.75, 3.05) is 27.2 Å². The van der Waals surface area contributed by atoms with Crippen LogP contribution in [0, 0.1) is 0 Å². The molecule has 0 spiro atoms. The summed E-state index contributed by atoms with van der Waals surface area (Å²) in [5.74, 6) is -0.294. The number of hydrogen-bond donors (Lipinski definition) is 1. The largest absolute Gasteiger partial charge is 0.464 e. The first-order valence-corrected chi connectivity index (χ1v) is 12.7. The summed E-state index contributed by atoms with van der Waals surface area (Å²) >= 11 is 0. The first-order chi connectivity index (χ1) is 14.6. The Morgan fingerprint density at radius 2 is 1.23 bits per heavy atom. The SMILES string of the molecule is CN(C)CCCCCCCCCCCCCCCCCCC(=O)NC1CCOC1=O.